The van der Waals surface area contributed by atoms with Gasteiger partial charge in [0.15, 0.2) is 5.75 Å². The Hall–Kier alpha value is -2.18. The van der Waals surface area contributed by atoms with E-state index in [-0.39, 0.29) is 34.7 Å². The zero-order valence-electron chi connectivity index (χ0n) is 16.9. The molecule has 1 aliphatic heterocycles. The summed E-state index contributed by atoms with van der Waals surface area (Å²) >= 11 is 0. The Labute approximate surface area is 163 Å². The van der Waals surface area contributed by atoms with Crippen molar-refractivity contribution in [2.24, 2.45) is 5.92 Å². The standard InChI is InChI=1S/C21H27F3N2O2/c1-6-14-11-27-20-17(26(14)10-12(2)3)8-7-16-19(20)15(21(22,23)24)9-18(25-16)28-13(4)5/h7-9,12-14H,6,10-11H2,1-5H3/t14-/m1/s1. The molecule has 0 fully saturated rings. The van der Waals surface area contributed by atoms with Crippen LogP contribution in [-0.2, 0) is 6.18 Å². The molecule has 0 aliphatic carbocycles. The molecule has 1 aromatic carbocycles. The van der Waals surface area contributed by atoms with Crippen molar-refractivity contribution in [2.75, 3.05) is 18.1 Å². The maximum atomic E-state index is 13.9. The predicted molar refractivity (Wildman–Crippen MR) is 104 cm³/mol. The number of fused-ring (bicyclic) bond motifs is 3. The summed E-state index contributed by atoms with van der Waals surface area (Å²) in [5, 5.41) is 0.00409. The molecule has 0 N–H and O–H groups in total. The lowest BCUT2D eigenvalue weighted by Crippen LogP contribution is -2.44. The van der Waals surface area contributed by atoms with E-state index in [1.165, 1.54) is 0 Å². The van der Waals surface area contributed by atoms with Crippen LogP contribution < -0.4 is 14.4 Å². The third-order valence-electron chi connectivity index (χ3n) is 4.75. The van der Waals surface area contributed by atoms with E-state index in [9.17, 15) is 13.2 Å². The molecule has 0 saturated carbocycles. The molecular weight excluding hydrogens is 369 g/mol. The van der Waals surface area contributed by atoms with Gasteiger partial charge in [-0.2, -0.15) is 13.2 Å². The molecule has 154 valence electrons. The number of alkyl halides is 3. The van der Waals surface area contributed by atoms with Crippen molar-refractivity contribution in [1.29, 1.82) is 0 Å². The Balaban J connectivity index is 2.24. The number of hydrogen-bond donors (Lipinski definition) is 0. The highest BCUT2D eigenvalue weighted by molar-refractivity contribution is 5.95. The molecule has 2 aromatic rings. The molecule has 4 nitrogen and oxygen atoms in total. The Morgan fingerprint density at radius 1 is 1.25 bits per heavy atom. The van der Waals surface area contributed by atoms with Crippen LogP contribution in [-0.4, -0.2) is 30.3 Å². The fourth-order valence-electron chi connectivity index (χ4n) is 3.60. The largest absolute Gasteiger partial charge is 0.489 e. The topological polar surface area (TPSA) is 34.6 Å². The lowest BCUT2D eigenvalue weighted by Gasteiger charge is -2.40. The van der Waals surface area contributed by atoms with Crippen LogP contribution in [0.5, 0.6) is 11.6 Å². The minimum atomic E-state index is -4.54. The van der Waals surface area contributed by atoms with E-state index in [1.807, 2.05) is 6.07 Å². The van der Waals surface area contributed by atoms with Crippen molar-refractivity contribution in [1.82, 2.24) is 4.98 Å². The van der Waals surface area contributed by atoms with Gasteiger partial charge in [0.1, 0.15) is 6.61 Å². The number of halogens is 3. The number of benzene rings is 1. The Bertz CT molecular complexity index is 850. The minimum Gasteiger partial charge on any atom is -0.489 e. The molecule has 0 bridgehead atoms. The molecule has 0 radical (unpaired) electrons. The average Bonchev–Trinajstić information content (AvgIpc) is 2.59. The fraction of sp³-hybridized carbons (Fsp3) is 0.571. The molecule has 0 spiro atoms. The summed E-state index contributed by atoms with van der Waals surface area (Å²) in [6.07, 6.45) is -3.96. The van der Waals surface area contributed by atoms with Gasteiger partial charge in [-0.15, -0.1) is 0 Å². The van der Waals surface area contributed by atoms with Gasteiger partial charge in [-0.1, -0.05) is 20.8 Å². The van der Waals surface area contributed by atoms with Gasteiger partial charge in [0.2, 0.25) is 5.88 Å². The van der Waals surface area contributed by atoms with Gasteiger partial charge in [-0.25, -0.2) is 4.98 Å². The van der Waals surface area contributed by atoms with Crippen molar-refractivity contribution >= 4 is 16.6 Å². The first-order valence-electron chi connectivity index (χ1n) is 9.72. The van der Waals surface area contributed by atoms with E-state index in [2.05, 4.69) is 30.7 Å². The van der Waals surface area contributed by atoms with Crippen molar-refractivity contribution < 1.29 is 22.6 Å². The molecule has 0 amide bonds. The highest BCUT2D eigenvalue weighted by atomic mass is 19.4. The third-order valence-corrected chi connectivity index (χ3v) is 4.75. The highest BCUT2D eigenvalue weighted by Crippen LogP contribution is 2.46. The van der Waals surface area contributed by atoms with Gasteiger partial charge >= 0.3 is 6.18 Å². The Morgan fingerprint density at radius 3 is 2.54 bits per heavy atom. The van der Waals surface area contributed by atoms with E-state index in [0.29, 0.717) is 18.2 Å². The van der Waals surface area contributed by atoms with Gasteiger partial charge in [0, 0.05) is 12.6 Å². The number of ether oxygens (including phenoxy) is 2. The molecule has 2 heterocycles. The zero-order valence-corrected chi connectivity index (χ0v) is 16.9. The van der Waals surface area contributed by atoms with Crippen LogP contribution >= 0.6 is 0 Å². The third kappa shape index (κ3) is 3.98. The van der Waals surface area contributed by atoms with Crippen molar-refractivity contribution in [3.63, 3.8) is 0 Å². The van der Waals surface area contributed by atoms with E-state index >= 15 is 0 Å². The molecule has 1 aliphatic rings. The average molecular weight is 396 g/mol. The lowest BCUT2D eigenvalue weighted by atomic mass is 10.0. The summed E-state index contributed by atoms with van der Waals surface area (Å²) in [7, 11) is 0. The molecule has 3 rings (SSSR count). The first kappa shape index (κ1) is 20.6. The second-order valence-corrected chi connectivity index (χ2v) is 7.90. The van der Waals surface area contributed by atoms with E-state index in [0.717, 1.165) is 19.0 Å². The van der Waals surface area contributed by atoms with Gasteiger partial charge in [0.25, 0.3) is 0 Å². The predicted octanol–water partition coefficient (Wildman–Crippen LogP) is 5.67. The number of nitrogens with zero attached hydrogens (tertiary/aromatic N) is 2. The molecule has 7 heteroatoms. The van der Waals surface area contributed by atoms with E-state index < -0.39 is 11.7 Å². The summed E-state index contributed by atoms with van der Waals surface area (Å²) in [6.45, 7) is 10.9. The molecule has 28 heavy (non-hydrogen) atoms. The van der Waals surface area contributed by atoms with E-state index in [4.69, 9.17) is 9.47 Å². The Morgan fingerprint density at radius 2 is 1.96 bits per heavy atom. The number of aromatic nitrogens is 1. The first-order valence-corrected chi connectivity index (χ1v) is 9.72. The van der Waals surface area contributed by atoms with Crippen LogP contribution in [0.15, 0.2) is 18.2 Å². The lowest BCUT2D eigenvalue weighted by molar-refractivity contribution is -0.136. The van der Waals surface area contributed by atoms with Crippen molar-refractivity contribution in [2.45, 2.75) is 59.4 Å². The molecule has 0 unspecified atom stereocenters. The Kier molecular flexibility index (Phi) is 5.64. The zero-order chi connectivity index (χ0) is 20.6. The van der Waals surface area contributed by atoms with Crippen LogP contribution in [0, 0.1) is 5.92 Å². The summed E-state index contributed by atoms with van der Waals surface area (Å²) in [6, 6.07) is 4.56. The molecule has 1 atom stereocenters. The number of rotatable bonds is 5. The van der Waals surface area contributed by atoms with Gasteiger partial charge in [0.05, 0.1) is 34.3 Å². The first-order chi connectivity index (χ1) is 13.1. The smallest absolute Gasteiger partial charge is 0.417 e. The second kappa shape index (κ2) is 7.68. The summed E-state index contributed by atoms with van der Waals surface area (Å²) in [4.78, 5) is 6.47. The minimum absolute atomic E-state index is 0.00409. The summed E-state index contributed by atoms with van der Waals surface area (Å²) < 4.78 is 53.0. The summed E-state index contributed by atoms with van der Waals surface area (Å²) in [5.41, 5.74) is 0.150. The molecule has 1 aromatic heterocycles. The van der Waals surface area contributed by atoms with Crippen LogP contribution in [0.2, 0.25) is 0 Å². The van der Waals surface area contributed by atoms with E-state index in [1.54, 1.807) is 19.9 Å². The molecular formula is C21H27F3N2O2. The van der Waals surface area contributed by atoms with Gasteiger partial charge < -0.3 is 14.4 Å². The van der Waals surface area contributed by atoms with Crippen LogP contribution in [0.3, 0.4) is 0 Å². The van der Waals surface area contributed by atoms with Gasteiger partial charge in [-0.3, -0.25) is 0 Å². The number of anilines is 1. The number of hydrogen-bond acceptors (Lipinski definition) is 4. The SMILES string of the molecule is CC[C@@H]1COc2c(ccc3nc(OC(C)C)cc(C(F)(F)F)c23)N1CC(C)C. The van der Waals surface area contributed by atoms with Crippen LogP contribution in [0.1, 0.15) is 46.6 Å². The summed E-state index contributed by atoms with van der Waals surface area (Å²) in [5.74, 6) is 0.604. The second-order valence-electron chi connectivity index (χ2n) is 7.90. The quantitative estimate of drug-likeness (QED) is 0.652. The molecule has 0 saturated heterocycles. The van der Waals surface area contributed by atoms with Crippen molar-refractivity contribution in [3.05, 3.63) is 23.8 Å². The fourth-order valence-corrected chi connectivity index (χ4v) is 3.60. The highest BCUT2D eigenvalue weighted by Gasteiger charge is 2.38. The monoisotopic (exact) mass is 396 g/mol. The van der Waals surface area contributed by atoms with Crippen molar-refractivity contribution in [3.8, 4) is 11.6 Å². The maximum Gasteiger partial charge on any atom is 0.417 e. The van der Waals surface area contributed by atoms with Gasteiger partial charge in [-0.05, 0) is 38.3 Å². The number of pyridine rings is 1. The van der Waals surface area contributed by atoms with Crippen LogP contribution in [0.25, 0.3) is 10.9 Å². The maximum absolute atomic E-state index is 13.9. The van der Waals surface area contributed by atoms with Crippen LogP contribution in [0.4, 0.5) is 18.9 Å². The normalized spacial score (nSPS) is 17.2.